The topological polar surface area (TPSA) is 70.7 Å². The second-order valence-electron chi connectivity index (χ2n) is 8.50. The molecule has 0 bridgehead atoms. The number of amides is 2. The zero-order valence-corrected chi connectivity index (χ0v) is 18.8. The molecule has 0 spiro atoms. The number of nitrogens with one attached hydrogen (secondary N) is 2. The molecule has 7 heteroatoms. The Kier molecular flexibility index (Phi) is 7.50. The van der Waals surface area contributed by atoms with Gasteiger partial charge in [0.15, 0.2) is 0 Å². The Balaban J connectivity index is 1.53. The number of carbonyl (C=O) groups excluding carboxylic acids is 2. The molecule has 0 saturated heterocycles. The van der Waals surface area contributed by atoms with Gasteiger partial charge in [-0.2, -0.15) is 0 Å². The van der Waals surface area contributed by atoms with Crippen LogP contribution in [0.5, 0.6) is 0 Å². The van der Waals surface area contributed by atoms with Crippen molar-refractivity contribution in [3.05, 3.63) is 57.8 Å². The van der Waals surface area contributed by atoms with Gasteiger partial charge >= 0.3 is 6.09 Å². The number of carbonyl (C=O) groups is 2. The highest BCUT2D eigenvalue weighted by molar-refractivity contribution is 7.10. The van der Waals surface area contributed by atoms with E-state index in [0.29, 0.717) is 6.54 Å². The molecule has 0 unspecified atom stereocenters. The van der Waals surface area contributed by atoms with Gasteiger partial charge < -0.3 is 15.4 Å². The number of thiophene rings is 1. The second kappa shape index (κ2) is 10.1. The van der Waals surface area contributed by atoms with Crippen molar-refractivity contribution in [1.29, 1.82) is 0 Å². The summed E-state index contributed by atoms with van der Waals surface area (Å²) in [6, 6.07) is 12.6. The SMILES string of the molecule is CC(C)(C)OC(=O)NCCC(=O)NC[C@@H](c1ccccc1)N1CCc2sccc2C1. The fourth-order valence-corrected chi connectivity index (χ4v) is 4.45. The fraction of sp³-hybridized carbons (Fsp3) is 0.478. The lowest BCUT2D eigenvalue weighted by molar-refractivity contribution is -0.121. The molecule has 1 atom stereocenters. The number of nitrogens with zero attached hydrogens (tertiary/aromatic N) is 1. The van der Waals surface area contributed by atoms with Crippen LogP contribution in [0.2, 0.25) is 0 Å². The fourth-order valence-electron chi connectivity index (χ4n) is 3.56. The Bertz CT molecular complexity index is 845. The molecule has 2 N–H and O–H groups in total. The van der Waals surface area contributed by atoms with Crippen LogP contribution in [0.1, 0.15) is 49.2 Å². The summed E-state index contributed by atoms with van der Waals surface area (Å²) in [5.74, 6) is -0.0831. The summed E-state index contributed by atoms with van der Waals surface area (Å²) in [7, 11) is 0. The van der Waals surface area contributed by atoms with E-state index in [1.165, 1.54) is 16.0 Å². The lowest BCUT2D eigenvalue weighted by atomic mass is 10.0. The number of alkyl carbamates (subject to hydrolysis) is 1. The average Bonchev–Trinajstić information content (AvgIpc) is 3.15. The number of benzene rings is 1. The highest BCUT2D eigenvalue weighted by Crippen LogP contribution is 2.30. The Morgan fingerprint density at radius 2 is 1.93 bits per heavy atom. The van der Waals surface area contributed by atoms with Crippen molar-refractivity contribution < 1.29 is 14.3 Å². The molecule has 162 valence electrons. The van der Waals surface area contributed by atoms with Crippen LogP contribution in [0.25, 0.3) is 0 Å². The normalized spacial score (nSPS) is 15.2. The Morgan fingerprint density at radius 1 is 1.17 bits per heavy atom. The van der Waals surface area contributed by atoms with Crippen molar-refractivity contribution in [3.8, 4) is 0 Å². The Labute approximate surface area is 182 Å². The van der Waals surface area contributed by atoms with Gasteiger partial charge in [-0.3, -0.25) is 9.69 Å². The van der Waals surface area contributed by atoms with Crippen LogP contribution in [0.3, 0.4) is 0 Å². The van der Waals surface area contributed by atoms with Gasteiger partial charge in [-0.15, -0.1) is 11.3 Å². The summed E-state index contributed by atoms with van der Waals surface area (Å²) in [5, 5.41) is 7.84. The number of hydrogen-bond donors (Lipinski definition) is 2. The standard InChI is InChI=1S/C23H31N3O3S/c1-23(2,3)29-22(28)24-12-9-21(27)25-15-19(17-7-5-4-6-8-17)26-13-10-20-18(16-26)11-14-30-20/h4-8,11,14,19H,9-10,12-13,15-16H2,1-3H3,(H,24,28)(H,25,27)/t19-/m0/s1. The van der Waals surface area contributed by atoms with Gasteiger partial charge in [-0.25, -0.2) is 4.79 Å². The predicted molar refractivity (Wildman–Crippen MR) is 119 cm³/mol. The van der Waals surface area contributed by atoms with E-state index in [2.05, 4.69) is 39.1 Å². The minimum Gasteiger partial charge on any atom is -0.444 e. The van der Waals surface area contributed by atoms with Crippen molar-refractivity contribution in [2.75, 3.05) is 19.6 Å². The van der Waals surface area contributed by atoms with E-state index in [1.54, 1.807) is 0 Å². The lowest BCUT2D eigenvalue weighted by Crippen LogP contribution is -2.41. The Morgan fingerprint density at radius 3 is 2.67 bits per heavy atom. The zero-order chi connectivity index (χ0) is 21.6. The van der Waals surface area contributed by atoms with Crippen LogP contribution in [-0.4, -0.2) is 42.1 Å². The van der Waals surface area contributed by atoms with Crippen molar-refractivity contribution in [1.82, 2.24) is 15.5 Å². The molecular weight excluding hydrogens is 398 g/mol. The third kappa shape index (κ3) is 6.57. The maximum Gasteiger partial charge on any atom is 0.407 e. The van der Waals surface area contributed by atoms with E-state index in [9.17, 15) is 9.59 Å². The molecule has 0 saturated carbocycles. The molecular formula is C23H31N3O3S. The molecule has 2 amide bonds. The molecule has 1 aromatic heterocycles. The lowest BCUT2D eigenvalue weighted by Gasteiger charge is -2.35. The van der Waals surface area contributed by atoms with Gasteiger partial charge in [0.1, 0.15) is 5.60 Å². The van der Waals surface area contributed by atoms with Crippen molar-refractivity contribution >= 4 is 23.3 Å². The highest BCUT2D eigenvalue weighted by Gasteiger charge is 2.26. The van der Waals surface area contributed by atoms with E-state index in [4.69, 9.17) is 4.74 Å². The van der Waals surface area contributed by atoms with Gasteiger partial charge in [0.05, 0.1) is 6.04 Å². The highest BCUT2D eigenvalue weighted by atomic mass is 32.1. The molecule has 0 fully saturated rings. The van der Waals surface area contributed by atoms with Gasteiger partial charge in [-0.1, -0.05) is 30.3 Å². The smallest absolute Gasteiger partial charge is 0.407 e. The summed E-state index contributed by atoms with van der Waals surface area (Å²) in [4.78, 5) is 28.0. The molecule has 6 nitrogen and oxygen atoms in total. The summed E-state index contributed by atoms with van der Waals surface area (Å²) >= 11 is 1.83. The van der Waals surface area contributed by atoms with Crippen LogP contribution >= 0.6 is 11.3 Å². The summed E-state index contributed by atoms with van der Waals surface area (Å²) in [6.45, 7) is 8.08. The molecule has 0 aliphatic carbocycles. The molecule has 2 aromatic rings. The summed E-state index contributed by atoms with van der Waals surface area (Å²) in [5.41, 5.74) is 2.04. The first-order valence-electron chi connectivity index (χ1n) is 10.4. The maximum absolute atomic E-state index is 12.4. The quantitative estimate of drug-likeness (QED) is 0.701. The third-order valence-corrected chi connectivity index (χ3v) is 6.00. The molecule has 1 aliphatic heterocycles. The average molecular weight is 430 g/mol. The van der Waals surface area contributed by atoms with Gasteiger partial charge in [0.25, 0.3) is 0 Å². The van der Waals surface area contributed by atoms with Crippen molar-refractivity contribution in [2.45, 2.75) is 51.8 Å². The van der Waals surface area contributed by atoms with E-state index in [0.717, 1.165) is 19.5 Å². The van der Waals surface area contributed by atoms with Gasteiger partial charge in [0, 0.05) is 37.5 Å². The zero-order valence-electron chi connectivity index (χ0n) is 17.9. The number of hydrogen-bond acceptors (Lipinski definition) is 5. The van der Waals surface area contributed by atoms with E-state index < -0.39 is 11.7 Å². The summed E-state index contributed by atoms with van der Waals surface area (Å²) < 4.78 is 5.19. The molecule has 2 heterocycles. The minimum absolute atomic E-state index is 0.0831. The van der Waals surface area contributed by atoms with E-state index in [1.807, 2.05) is 50.3 Å². The van der Waals surface area contributed by atoms with Crippen LogP contribution in [-0.2, 0) is 22.5 Å². The van der Waals surface area contributed by atoms with Gasteiger partial charge in [-0.05, 0) is 49.8 Å². The second-order valence-corrected chi connectivity index (χ2v) is 9.50. The van der Waals surface area contributed by atoms with Gasteiger partial charge in [0.2, 0.25) is 5.91 Å². The number of fused-ring (bicyclic) bond motifs is 1. The van der Waals surface area contributed by atoms with E-state index >= 15 is 0 Å². The first kappa shape index (κ1) is 22.3. The maximum atomic E-state index is 12.4. The molecule has 30 heavy (non-hydrogen) atoms. The van der Waals surface area contributed by atoms with Crippen LogP contribution in [0.15, 0.2) is 41.8 Å². The largest absolute Gasteiger partial charge is 0.444 e. The predicted octanol–water partition coefficient (Wildman–Crippen LogP) is 3.88. The van der Waals surface area contributed by atoms with Crippen molar-refractivity contribution in [2.24, 2.45) is 0 Å². The van der Waals surface area contributed by atoms with Crippen molar-refractivity contribution in [3.63, 3.8) is 0 Å². The summed E-state index contributed by atoms with van der Waals surface area (Å²) in [6.07, 6.45) is 0.761. The molecule has 0 radical (unpaired) electrons. The molecule has 1 aliphatic rings. The first-order valence-corrected chi connectivity index (χ1v) is 11.3. The minimum atomic E-state index is -0.550. The third-order valence-electron chi connectivity index (χ3n) is 4.98. The van der Waals surface area contributed by atoms with Crippen LogP contribution in [0.4, 0.5) is 4.79 Å². The van der Waals surface area contributed by atoms with E-state index in [-0.39, 0.29) is 24.9 Å². The Hall–Kier alpha value is -2.38. The molecule has 1 aromatic carbocycles. The monoisotopic (exact) mass is 429 g/mol. The first-order chi connectivity index (χ1) is 14.3. The van der Waals surface area contributed by atoms with Crippen LogP contribution in [0, 0.1) is 0 Å². The molecule has 3 rings (SSSR count). The number of rotatable bonds is 7. The van der Waals surface area contributed by atoms with Crippen LogP contribution < -0.4 is 10.6 Å². The number of ether oxygens (including phenoxy) is 1.